The van der Waals surface area contributed by atoms with Crippen LogP contribution in [0.5, 0.6) is 5.75 Å². The third-order valence-electron chi connectivity index (χ3n) is 4.41. The van der Waals surface area contributed by atoms with Crippen LogP contribution >= 0.6 is 0 Å². The Morgan fingerprint density at radius 3 is 2.69 bits per heavy atom. The number of methoxy groups -OCH3 is 1. The lowest BCUT2D eigenvalue weighted by molar-refractivity contribution is 0.0946. The first-order valence-electron chi connectivity index (χ1n) is 9.09. The van der Waals surface area contributed by atoms with E-state index in [2.05, 4.69) is 20.6 Å². The second-order valence-corrected chi connectivity index (χ2v) is 6.31. The largest absolute Gasteiger partial charge is 0.497 e. The van der Waals surface area contributed by atoms with E-state index in [0.717, 1.165) is 16.8 Å². The quantitative estimate of drug-likeness (QED) is 0.551. The standard InChI is InChI=1S/C22H19N5O2/c1-29-19-11-5-10-18(13-19)27-21(17-9-6-12-23-15-17)20(25-26-27)22(28)24-14-16-7-3-2-4-8-16/h2-13,15H,14H2,1H3,(H,24,28). The van der Waals surface area contributed by atoms with Crippen LogP contribution in [0.3, 0.4) is 0 Å². The number of nitrogens with zero attached hydrogens (tertiary/aromatic N) is 4. The Bertz CT molecular complexity index is 1110. The van der Waals surface area contributed by atoms with Crippen LogP contribution in [-0.4, -0.2) is 33.0 Å². The van der Waals surface area contributed by atoms with E-state index in [1.807, 2.05) is 66.7 Å². The van der Waals surface area contributed by atoms with Gasteiger partial charge in [-0.25, -0.2) is 4.68 Å². The van der Waals surface area contributed by atoms with E-state index in [9.17, 15) is 4.79 Å². The zero-order chi connectivity index (χ0) is 20.1. The van der Waals surface area contributed by atoms with E-state index >= 15 is 0 Å². The first-order valence-corrected chi connectivity index (χ1v) is 9.09. The molecule has 0 unspecified atom stereocenters. The highest BCUT2D eigenvalue weighted by molar-refractivity contribution is 5.98. The third kappa shape index (κ3) is 3.98. The summed E-state index contributed by atoms with van der Waals surface area (Å²) in [5.74, 6) is 0.382. The number of ether oxygens (including phenoxy) is 1. The monoisotopic (exact) mass is 385 g/mol. The van der Waals surface area contributed by atoms with Gasteiger partial charge >= 0.3 is 0 Å². The normalized spacial score (nSPS) is 10.5. The Hall–Kier alpha value is -4.00. The minimum Gasteiger partial charge on any atom is -0.497 e. The minimum atomic E-state index is -0.304. The maximum atomic E-state index is 12.9. The second-order valence-electron chi connectivity index (χ2n) is 6.31. The van der Waals surface area contributed by atoms with Crippen molar-refractivity contribution in [2.45, 2.75) is 6.54 Å². The molecule has 0 saturated heterocycles. The van der Waals surface area contributed by atoms with E-state index in [1.165, 1.54) is 0 Å². The summed E-state index contributed by atoms with van der Waals surface area (Å²) in [6.45, 7) is 0.401. The molecule has 7 heteroatoms. The highest BCUT2D eigenvalue weighted by atomic mass is 16.5. The van der Waals surface area contributed by atoms with Gasteiger partial charge in [-0.15, -0.1) is 5.10 Å². The Balaban J connectivity index is 1.72. The Morgan fingerprint density at radius 1 is 1.07 bits per heavy atom. The molecule has 4 aromatic rings. The molecule has 0 aliphatic rings. The molecule has 0 radical (unpaired) electrons. The van der Waals surface area contributed by atoms with E-state index in [-0.39, 0.29) is 11.6 Å². The van der Waals surface area contributed by atoms with E-state index in [0.29, 0.717) is 18.0 Å². The number of hydrogen-bond donors (Lipinski definition) is 1. The van der Waals surface area contributed by atoms with E-state index < -0.39 is 0 Å². The number of carbonyl (C=O) groups excluding carboxylic acids is 1. The summed E-state index contributed by atoms with van der Waals surface area (Å²) in [6.07, 6.45) is 3.36. The molecule has 2 heterocycles. The van der Waals surface area contributed by atoms with Gasteiger partial charge in [-0.05, 0) is 29.8 Å². The van der Waals surface area contributed by atoms with Gasteiger partial charge in [0.05, 0.1) is 12.8 Å². The van der Waals surface area contributed by atoms with Crippen LogP contribution in [0.15, 0.2) is 79.1 Å². The fourth-order valence-electron chi connectivity index (χ4n) is 2.98. The predicted molar refractivity (Wildman–Crippen MR) is 109 cm³/mol. The van der Waals surface area contributed by atoms with Gasteiger partial charge in [-0.3, -0.25) is 9.78 Å². The minimum absolute atomic E-state index is 0.233. The molecular formula is C22H19N5O2. The summed E-state index contributed by atoms with van der Waals surface area (Å²) < 4.78 is 6.93. The summed E-state index contributed by atoms with van der Waals surface area (Å²) >= 11 is 0. The fraction of sp³-hybridized carbons (Fsp3) is 0.0909. The number of hydrogen-bond acceptors (Lipinski definition) is 5. The number of nitrogens with one attached hydrogen (secondary N) is 1. The summed E-state index contributed by atoms with van der Waals surface area (Å²) in [5, 5.41) is 11.3. The van der Waals surface area contributed by atoms with Crippen LogP contribution in [0.25, 0.3) is 16.9 Å². The predicted octanol–water partition coefficient (Wildman–Crippen LogP) is 3.27. The van der Waals surface area contributed by atoms with Crippen molar-refractivity contribution in [1.82, 2.24) is 25.3 Å². The van der Waals surface area contributed by atoms with E-state index in [1.54, 1.807) is 24.2 Å². The van der Waals surface area contributed by atoms with Crippen LogP contribution in [0.2, 0.25) is 0 Å². The van der Waals surface area contributed by atoms with Crippen LogP contribution in [-0.2, 0) is 6.54 Å². The molecule has 0 aliphatic heterocycles. The first kappa shape index (κ1) is 18.4. The van der Waals surface area contributed by atoms with Gasteiger partial charge < -0.3 is 10.1 Å². The maximum absolute atomic E-state index is 12.9. The second kappa shape index (κ2) is 8.35. The lowest BCUT2D eigenvalue weighted by atomic mass is 10.1. The SMILES string of the molecule is COc1cccc(-n2nnc(C(=O)NCc3ccccc3)c2-c2cccnc2)c1. The number of benzene rings is 2. The van der Waals surface area contributed by atoms with Crippen LogP contribution < -0.4 is 10.1 Å². The highest BCUT2D eigenvalue weighted by Gasteiger charge is 2.22. The molecule has 0 bridgehead atoms. The van der Waals surface area contributed by atoms with Crippen molar-refractivity contribution in [3.8, 4) is 22.7 Å². The first-order chi connectivity index (χ1) is 14.3. The van der Waals surface area contributed by atoms with Gasteiger partial charge in [-0.1, -0.05) is 41.6 Å². The summed E-state index contributed by atoms with van der Waals surface area (Å²) in [4.78, 5) is 17.1. The molecule has 0 fully saturated rings. The Kier molecular flexibility index (Phi) is 5.29. The topological polar surface area (TPSA) is 81.9 Å². The van der Waals surface area contributed by atoms with Crippen molar-refractivity contribution in [2.75, 3.05) is 7.11 Å². The number of aromatic nitrogens is 4. The van der Waals surface area contributed by atoms with Gasteiger partial charge in [0, 0.05) is 30.6 Å². The maximum Gasteiger partial charge on any atom is 0.274 e. The molecular weight excluding hydrogens is 366 g/mol. The molecule has 2 aromatic heterocycles. The molecule has 2 aromatic carbocycles. The van der Waals surface area contributed by atoms with Crippen molar-refractivity contribution >= 4 is 5.91 Å². The summed E-state index contributed by atoms with van der Waals surface area (Å²) in [7, 11) is 1.60. The molecule has 0 saturated carbocycles. The van der Waals surface area contributed by atoms with Crippen molar-refractivity contribution < 1.29 is 9.53 Å². The average molecular weight is 385 g/mol. The van der Waals surface area contributed by atoms with E-state index in [4.69, 9.17) is 4.74 Å². The molecule has 0 aliphatic carbocycles. The zero-order valence-corrected chi connectivity index (χ0v) is 15.8. The van der Waals surface area contributed by atoms with Crippen molar-refractivity contribution in [3.05, 3.63) is 90.4 Å². The van der Waals surface area contributed by atoms with Crippen LogP contribution in [0.1, 0.15) is 16.1 Å². The van der Waals surface area contributed by atoms with Crippen molar-refractivity contribution in [2.24, 2.45) is 0 Å². The lowest BCUT2D eigenvalue weighted by Crippen LogP contribution is -2.24. The Labute approximate surface area is 168 Å². The fourth-order valence-corrected chi connectivity index (χ4v) is 2.98. The molecule has 0 spiro atoms. The van der Waals surface area contributed by atoms with Gasteiger partial charge in [0.1, 0.15) is 11.4 Å². The number of rotatable bonds is 6. The summed E-state index contributed by atoms with van der Waals surface area (Å²) in [6, 6.07) is 20.8. The van der Waals surface area contributed by atoms with Crippen LogP contribution in [0, 0.1) is 0 Å². The zero-order valence-electron chi connectivity index (χ0n) is 15.8. The molecule has 1 amide bonds. The number of pyridine rings is 1. The molecule has 1 N–H and O–H groups in total. The summed E-state index contributed by atoms with van der Waals surface area (Å²) in [5.41, 5.74) is 3.28. The van der Waals surface area contributed by atoms with Gasteiger partial charge in [0.25, 0.3) is 5.91 Å². The number of carbonyl (C=O) groups is 1. The molecule has 144 valence electrons. The Morgan fingerprint density at radius 2 is 1.93 bits per heavy atom. The lowest BCUT2D eigenvalue weighted by Gasteiger charge is -2.10. The van der Waals surface area contributed by atoms with Gasteiger partial charge in [0.2, 0.25) is 0 Å². The molecule has 7 nitrogen and oxygen atoms in total. The van der Waals surface area contributed by atoms with Crippen molar-refractivity contribution in [3.63, 3.8) is 0 Å². The third-order valence-corrected chi connectivity index (χ3v) is 4.41. The average Bonchev–Trinajstić information content (AvgIpc) is 3.24. The van der Waals surface area contributed by atoms with Gasteiger partial charge in [0.15, 0.2) is 5.69 Å². The van der Waals surface area contributed by atoms with Crippen LogP contribution in [0.4, 0.5) is 0 Å². The molecule has 29 heavy (non-hydrogen) atoms. The number of amides is 1. The smallest absolute Gasteiger partial charge is 0.274 e. The highest BCUT2D eigenvalue weighted by Crippen LogP contribution is 2.26. The van der Waals surface area contributed by atoms with Crippen molar-refractivity contribution in [1.29, 1.82) is 0 Å². The van der Waals surface area contributed by atoms with Gasteiger partial charge in [-0.2, -0.15) is 0 Å². The molecule has 4 rings (SSSR count). The molecule has 0 atom stereocenters.